The molecule has 0 radical (unpaired) electrons. The molecule has 35 heavy (non-hydrogen) atoms. The number of aliphatic hydroxyl groups is 3. The molecule has 2 aromatic rings. The van der Waals surface area contributed by atoms with Crippen LogP contribution in [0.15, 0.2) is 36.4 Å². The van der Waals surface area contributed by atoms with Gasteiger partial charge in [0.25, 0.3) is 0 Å². The summed E-state index contributed by atoms with van der Waals surface area (Å²) in [6.45, 7) is 0.678. The van der Waals surface area contributed by atoms with Crippen LogP contribution in [0, 0.1) is 0 Å². The van der Waals surface area contributed by atoms with Crippen molar-refractivity contribution in [2.75, 3.05) is 6.61 Å². The Morgan fingerprint density at radius 3 is 2.31 bits per heavy atom. The Morgan fingerprint density at radius 1 is 0.943 bits per heavy atom. The molecule has 7 N–H and O–H groups in total. The minimum Gasteiger partial charge on any atom is -0.504 e. The maximum Gasteiger partial charge on any atom is 0.302 e. The van der Waals surface area contributed by atoms with E-state index in [1.54, 1.807) is 0 Å². The lowest BCUT2D eigenvalue weighted by Crippen LogP contribution is -2.60. The van der Waals surface area contributed by atoms with Gasteiger partial charge in [0.2, 0.25) is 12.0 Å². The van der Waals surface area contributed by atoms with Crippen molar-refractivity contribution in [3.8, 4) is 28.7 Å². The van der Waals surface area contributed by atoms with Crippen molar-refractivity contribution in [3.63, 3.8) is 0 Å². The van der Waals surface area contributed by atoms with Gasteiger partial charge in [-0.05, 0) is 35.9 Å². The van der Waals surface area contributed by atoms with Gasteiger partial charge in [-0.3, -0.25) is 9.59 Å². The fourth-order valence-corrected chi connectivity index (χ4v) is 3.24. The van der Waals surface area contributed by atoms with Crippen LogP contribution in [-0.2, 0) is 14.3 Å². The topological polar surface area (TPSA) is 203 Å². The maximum atomic E-state index is 12.5. The number of aromatic hydroxyl groups is 4. The first-order chi connectivity index (χ1) is 16.5. The molecule has 0 spiro atoms. The Morgan fingerprint density at radius 2 is 1.66 bits per heavy atom. The van der Waals surface area contributed by atoms with E-state index in [9.17, 15) is 45.3 Å². The molecule has 1 aliphatic rings. The van der Waals surface area contributed by atoms with E-state index in [0.29, 0.717) is 5.56 Å². The van der Waals surface area contributed by atoms with Crippen LogP contribution >= 0.6 is 0 Å². The Bertz CT molecular complexity index is 1130. The molecule has 1 saturated heterocycles. The largest absolute Gasteiger partial charge is 0.504 e. The van der Waals surface area contributed by atoms with Gasteiger partial charge in [-0.25, -0.2) is 0 Å². The fraction of sp³-hybridized carbons (Fsp3) is 0.304. The van der Waals surface area contributed by atoms with Crippen LogP contribution in [0.5, 0.6) is 28.7 Å². The maximum absolute atomic E-state index is 12.5. The first kappa shape index (κ1) is 25.8. The van der Waals surface area contributed by atoms with Crippen LogP contribution < -0.4 is 4.74 Å². The minimum absolute atomic E-state index is 0.303. The van der Waals surface area contributed by atoms with E-state index in [1.807, 2.05) is 0 Å². The lowest BCUT2D eigenvalue weighted by Gasteiger charge is -2.39. The van der Waals surface area contributed by atoms with E-state index in [-0.39, 0.29) is 17.1 Å². The zero-order chi connectivity index (χ0) is 25.9. The summed E-state index contributed by atoms with van der Waals surface area (Å²) in [6, 6.07) is 6.11. The fourth-order valence-electron chi connectivity index (χ4n) is 3.24. The number of hydrogen-bond donors (Lipinski definition) is 7. The number of carbonyl (C=O) groups is 2. The van der Waals surface area contributed by atoms with Crippen molar-refractivity contribution in [1.82, 2.24) is 0 Å². The minimum atomic E-state index is -1.77. The number of ether oxygens (including phenoxy) is 3. The molecule has 188 valence electrons. The van der Waals surface area contributed by atoms with Gasteiger partial charge in [0.15, 0.2) is 28.8 Å². The highest BCUT2D eigenvalue weighted by Crippen LogP contribution is 2.40. The standard InChI is InChI=1S/C23H24O12/c1-10(24)33-9-17-20(30)21(31)22(32)23(35-17)34-16-7-4-12(18(28)19(16)29)13(25)5-2-11-3-6-14(26)15(27)8-11/h2-8,17,20-23,26-32H,9H2,1H3/b5-2+/t17-,20-,21+,22-,23-/m1/s1. The van der Waals surface area contributed by atoms with Crippen molar-refractivity contribution >= 4 is 17.8 Å². The van der Waals surface area contributed by atoms with E-state index in [2.05, 4.69) is 0 Å². The molecule has 1 aliphatic heterocycles. The highest BCUT2D eigenvalue weighted by molar-refractivity contribution is 6.09. The van der Waals surface area contributed by atoms with Crippen LogP contribution in [0.1, 0.15) is 22.8 Å². The first-order valence-corrected chi connectivity index (χ1v) is 10.3. The number of benzene rings is 2. The second-order valence-corrected chi connectivity index (χ2v) is 7.69. The highest BCUT2D eigenvalue weighted by Gasteiger charge is 2.45. The van der Waals surface area contributed by atoms with E-state index in [4.69, 9.17) is 14.2 Å². The summed E-state index contributed by atoms with van der Waals surface area (Å²) in [5.74, 6) is -4.22. The number of phenolic OH excluding ortho intramolecular Hbond substituents is 4. The molecule has 0 aliphatic carbocycles. The van der Waals surface area contributed by atoms with Crippen molar-refractivity contribution in [2.45, 2.75) is 37.6 Å². The predicted molar refractivity (Wildman–Crippen MR) is 117 cm³/mol. The van der Waals surface area contributed by atoms with Gasteiger partial charge < -0.3 is 50.0 Å². The average molecular weight is 492 g/mol. The van der Waals surface area contributed by atoms with Gasteiger partial charge >= 0.3 is 5.97 Å². The molecule has 0 amide bonds. The second-order valence-electron chi connectivity index (χ2n) is 7.69. The summed E-state index contributed by atoms with van der Waals surface area (Å²) in [5, 5.41) is 69.7. The number of hydrogen-bond acceptors (Lipinski definition) is 12. The quantitative estimate of drug-likeness (QED) is 0.119. The monoisotopic (exact) mass is 492 g/mol. The molecular weight excluding hydrogens is 468 g/mol. The molecule has 0 unspecified atom stereocenters. The first-order valence-electron chi connectivity index (χ1n) is 10.3. The molecular formula is C23H24O12. The third kappa shape index (κ3) is 5.81. The molecule has 0 aromatic heterocycles. The summed E-state index contributed by atoms with van der Waals surface area (Å²) in [5.41, 5.74) is 0.0761. The number of phenols is 4. The Hall–Kier alpha value is -3.84. The zero-order valence-corrected chi connectivity index (χ0v) is 18.3. The highest BCUT2D eigenvalue weighted by atomic mass is 16.7. The van der Waals surface area contributed by atoms with E-state index in [0.717, 1.165) is 25.1 Å². The van der Waals surface area contributed by atoms with Gasteiger partial charge in [-0.1, -0.05) is 12.1 Å². The summed E-state index contributed by atoms with van der Waals surface area (Å²) < 4.78 is 15.4. The molecule has 1 fully saturated rings. The Balaban J connectivity index is 1.76. The van der Waals surface area contributed by atoms with Gasteiger partial charge in [-0.15, -0.1) is 0 Å². The van der Waals surface area contributed by atoms with Crippen molar-refractivity contribution in [3.05, 3.63) is 47.5 Å². The SMILES string of the molecule is CC(=O)OC[C@H]1O[C@@H](Oc2ccc(C(=O)/C=C/c3ccc(O)c(O)c3)c(O)c2O)[C@H](O)[C@@H](O)[C@@H]1O. The van der Waals surface area contributed by atoms with Crippen LogP contribution in [0.3, 0.4) is 0 Å². The van der Waals surface area contributed by atoms with Crippen LogP contribution in [0.25, 0.3) is 6.08 Å². The molecule has 5 atom stereocenters. The molecule has 0 bridgehead atoms. The summed E-state index contributed by atoms with van der Waals surface area (Å²) in [6.07, 6.45) is -5.64. The summed E-state index contributed by atoms with van der Waals surface area (Å²) in [4.78, 5) is 23.5. The molecule has 0 saturated carbocycles. The van der Waals surface area contributed by atoms with Crippen LogP contribution in [-0.4, -0.2) is 84.8 Å². The van der Waals surface area contributed by atoms with E-state index < -0.39 is 66.3 Å². The van der Waals surface area contributed by atoms with Crippen molar-refractivity contribution in [2.24, 2.45) is 0 Å². The number of allylic oxidation sites excluding steroid dienone is 1. The number of rotatable bonds is 7. The smallest absolute Gasteiger partial charge is 0.302 e. The van der Waals surface area contributed by atoms with Gasteiger partial charge in [-0.2, -0.15) is 0 Å². The average Bonchev–Trinajstić information content (AvgIpc) is 2.82. The molecule has 3 rings (SSSR count). The van der Waals surface area contributed by atoms with Gasteiger partial charge in [0.1, 0.15) is 31.0 Å². The zero-order valence-electron chi connectivity index (χ0n) is 18.3. The normalized spacial score (nSPS) is 24.3. The summed E-state index contributed by atoms with van der Waals surface area (Å²) >= 11 is 0. The van der Waals surface area contributed by atoms with Crippen molar-refractivity contribution in [1.29, 1.82) is 0 Å². The van der Waals surface area contributed by atoms with Gasteiger partial charge in [0, 0.05) is 6.92 Å². The molecule has 1 heterocycles. The van der Waals surface area contributed by atoms with Crippen LogP contribution in [0.4, 0.5) is 0 Å². The third-order valence-corrected chi connectivity index (χ3v) is 5.17. The molecule has 12 nitrogen and oxygen atoms in total. The Kier molecular flexibility index (Phi) is 7.82. The number of aliphatic hydroxyl groups excluding tert-OH is 3. The number of ketones is 1. The molecule has 12 heteroatoms. The van der Waals surface area contributed by atoms with Gasteiger partial charge in [0.05, 0.1) is 5.56 Å². The van der Waals surface area contributed by atoms with E-state index >= 15 is 0 Å². The van der Waals surface area contributed by atoms with Crippen molar-refractivity contribution < 1.29 is 59.5 Å². The lowest BCUT2D eigenvalue weighted by molar-refractivity contribution is -0.278. The Labute approximate surface area is 198 Å². The molecule has 2 aromatic carbocycles. The van der Waals surface area contributed by atoms with Crippen LogP contribution in [0.2, 0.25) is 0 Å². The second kappa shape index (κ2) is 10.6. The van der Waals surface area contributed by atoms with E-state index in [1.165, 1.54) is 24.3 Å². The number of carbonyl (C=O) groups excluding carboxylic acids is 2. The summed E-state index contributed by atoms with van der Waals surface area (Å²) in [7, 11) is 0. The third-order valence-electron chi connectivity index (χ3n) is 5.17. The lowest BCUT2D eigenvalue weighted by atomic mass is 9.99. The number of esters is 1. The predicted octanol–water partition coefficient (Wildman–Crippen LogP) is 0.155.